The number of amides is 4. The fourth-order valence-electron chi connectivity index (χ4n) is 4.02. The number of unbranched alkanes of at least 4 members (excludes halogenated alkanes) is 1. The summed E-state index contributed by atoms with van der Waals surface area (Å²) in [5, 5.41) is 20.5. The molecule has 0 aromatic rings. The average molecular weight is 547 g/mol. The number of ether oxygens (including phenoxy) is 3. The van der Waals surface area contributed by atoms with E-state index in [0.717, 1.165) is 31.4 Å². The van der Waals surface area contributed by atoms with Crippen LogP contribution in [0.4, 0.5) is 4.79 Å². The number of carboxylic acids is 1. The summed E-state index contributed by atoms with van der Waals surface area (Å²) in [6.07, 6.45) is 4.59. The first-order valence-electron chi connectivity index (χ1n) is 13.1. The molecule has 4 amide bonds. The molecule has 37 heavy (non-hydrogen) atoms. The normalized spacial score (nSPS) is 20.2. The molecule has 5 N–H and O–H groups in total. The van der Waals surface area contributed by atoms with Gasteiger partial charge in [0, 0.05) is 50.1 Å². The van der Waals surface area contributed by atoms with Gasteiger partial charge < -0.3 is 40.6 Å². The number of aliphatic carboxylic acids is 1. The van der Waals surface area contributed by atoms with Crippen LogP contribution in [0, 0.1) is 0 Å². The Morgan fingerprint density at radius 2 is 1.41 bits per heavy atom. The minimum Gasteiger partial charge on any atom is -0.481 e. The third-order valence-corrected chi connectivity index (χ3v) is 7.47. The second kappa shape index (κ2) is 19.0. The lowest BCUT2D eigenvalue weighted by molar-refractivity contribution is -0.138. The van der Waals surface area contributed by atoms with E-state index in [-0.39, 0.29) is 42.8 Å². The van der Waals surface area contributed by atoms with Crippen molar-refractivity contribution in [2.45, 2.75) is 68.7 Å². The van der Waals surface area contributed by atoms with E-state index < -0.39 is 5.97 Å². The van der Waals surface area contributed by atoms with Gasteiger partial charge in [-0.15, -0.1) is 0 Å². The van der Waals surface area contributed by atoms with E-state index in [9.17, 15) is 19.2 Å². The number of nitrogens with one attached hydrogen (secondary N) is 4. The van der Waals surface area contributed by atoms with Crippen LogP contribution in [0.5, 0.6) is 0 Å². The van der Waals surface area contributed by atoms with E-state index in [4.69, 9.17) is 19.3 Å². The van der Waals surface area contributed by atoms with Gasteiger partial charge in [-0.2, -0.15) is 11.8 Å². The van der Waals surface area contributed by atoms with Gasteiger partial charge >= 0.3 is 12.0 Å². The fourth-order valence-corrected chi connectivity index (χ4v) is 5.56. The Bertz CT molecular complexity index is 714. The molecule has 212 valence electrons. The van der Waals surface area contributed by atoms with Gasteiger partial charge in [-0.25, -0.2) is 4.79 Å². The quantitative estimate of drug-likeness (QED) is 0.0968. The molecule has 2 aliphatic heterocycles. The third kappa shape index (κ3) is 14.4. The molecule has 12 nitrogen and oxygen atoms in total. The van der Waals surface area contributed by atoms with Crippen molar-refractivity contribution in [2.75, 3.05) is 58.5 Å². The second-order valence-corrected chi connectivity index (χ2v) is 10.3. The van der Waals surface area contributed by atoms with Crippen LogP contribution in [0.15, 0.2) is 0 Å². The first-order valence-corrected chi connectivity index (χ1v) is 14.2. The lowest BCUT2D eigenvalue weighted by atomic mass is 10.0. The Morgan fingerprint density at radius 3 is 2.03 bits per heavy atom. The summed E-state index contributed by atoms with van der Waals surface area (Å²) in [6, 6.07) is 0.409. The van der Waals surface area contributed by atoms with E-state index in [1.54, 1.807) is 0 Å². The van der Waals surface area contributed by atoms with Crippen molar-refractivity contribution in [3.8, 4) is 0 Å². The van der Waals surface area contributed by atoms with E-state index in [1.807, 2.05) is 11.8 Å². The first kappa shape index (κ1) is 31.1. The average Bonchev–Trinajstić information content (AvgIpc) is 3.42. The lowest BCUT2D eigenvalue weighted by Crippen LogP contribution is -2.36. The van der Waals surface area contributed by atoms with Crippen LogP contribution < -0.4 is 21.3 Å². The van der Waals surface area contributed by atoms with Crippen molar-refractivity contribution in [3.05, 3.63) is 0 Å². The monoisotopic (exact) mass is 546 g/mol. The number of rotatable bonds is 22. The number of fused-ring (bicyclic) bond motifs is 1. The van der Waals surface area contributed by atoms with Crippen molar-refractivity contribution in [3.63, 3.8) is 0 Å². The molecule has 3 atom stereocenters. The summed E-state index contributed by atoms with van der Waals surface area (Å²) in [5.74, 6) is -0.224. The number of carbonyl (C=O) groups excluding carboxylic acids is 3. The molecule has 0 aromatic carbocycles. The van der Waals surface area contributed by atoms with Gasteiger partial charge in [0.2, 0.25) is 11.8 Å². The molecular formula is C24H42N4O8S. The molecule has 2 heterocycles. The Kier molecular flexibility index (Phi) is 16.0. The second-order valence-electron chi connectivity index (χ2n) is 9.01. The van der Waals surface area contributed by atoms with Gasteiger partial charge in [0.25, 0.3) is 0 Å². The van der Waals surface area contributed by atoms with Crippen LogP contribution in [-0.4, -0.2) is 105 Å². The Morgan fingerprint density at radius 1 is 0.811 bits per heavy atom. The van der Waals surface area contributed by atoms with Crippen LogP contribution in [0.3, 0.4) is 0 Å². The molecule has 2 fully saturated rings. The minimum atomic E-state index is -0.983. The van der Waals surface area contributed by atoms with Crippen molar-refractivity contribution < 1.29 is 38.5 Å². The molecular weight excluding hydrogens is 504 g/mol. The number of urea groups is 1. The predicted octanol–water partition coefficient (Wildman–Crippen LogP) is 0.639. The Balaban J connectivity index is 1.26. The van der Waals surface area contributed by atoms with E-state index in [2.05, 4.69) is 21.3 Å². The lowest BCUT2D eigenvalue weighted by Gasteiger charge is -2.16. The number of hydrogen-bond donors (Lipinski definition) is 5. The molecule has 2 rings (SSSR count). The largest absolute Gasteiger partial charge is 0.481 e. The molecule has 0 radical (unpaired) electrons. The number of thioether (sulfide) groups is 1. The van der Waals surface area contributed by atoms with Crippen molar-refractivity contribution in [1.82, 2.24) is 21.3 Å². The molecule has 0 unspecified atom stereocenters. The van der Waals surface area contributed by atoms with E-state index in [0.29, 0.717) is 70.8 Å². The van der Waals surface area contributed by atoms with Crippen molar-refractivity contribution >= 4 is 35.6 Å². The summed E-state index contributed by atoms with van der Waals surface area (Å²) in [5.41, 5.74) is 0. The van der Waals surface area contributed by atoms with Crippen LogP contribution in [0.1, 0.15) is 51.4 Å². The highest BCUT2D eigenvalue weighted by molar-refractivity contribution is 8.00. The smallest absolute Gasteiger partial charge is 0.315 e. The zero-order valence-corrected chi connectivity index (χ0v) is 22.3. The Hall–Kier alpha value is -2.09. The van der Waals surface area contributed by atoms with E-state index >= 15 is 0 Å². The summed E-state index contributed by atoms with van der Waals surface area (Å²) in [7, 11) is 0. The fraction of sp³-hybridized carbons (Fsp3) is 0.833. The maximum Gasteiger partial charge on any atom is 0.315 e. The summed E-state index contributed by atoms with van der Waals surface area (Å²) in [4.78, 5) is 45.1. The topological polar surface area (TPSA) is 164 Å². The minimum absolute atomic E-state index is 0.00985. The number of carboxylic acid groups (broad SMARTS) is 1. The van der Waals surface area contributed by atoms with Crippen molar-refractivity contribution in [2.24, 2.45) is 0 Å². The molecule has 0 aromatic heterocycles. The van der Waals surface area contributed by atoms with Crippen LogP contribution in [-0.2, 0) is 28.6 Å². The van der Waals surface area contributed by atoms with Crippen LogP contribution >= 0.6 is 11.8 Å². The van der Waals surface area contributed by atoms with Crippen LogP contribution in [0.25, 0.3) is 0 Å². The molecule has 13 heteroatoms. The molecule has 0 bridgehead atoms. The zero-order chi connectivity index (χ0) is 26.7. The Labute approximate surface area is 222 Å². The van der Waals surface area contributed by atoms with Gasteiger partial charge in [0.05, 0.1) is 44.9 Å². The summed E-state index contributed by atoms with van der Waals surface area (Å²) >= 11 is 1.90. The maximum atomic E-state index is 12.0. The highest BCUT2D eigenvalue weighted by atomic mass is 32.2. The van der Waals surface area contributed by atoms with Gasteiger partial charge in [0.15, 0.2) is 0 Å². The SMILES string of the molecule is O=C(O)CCC(=O)NCCCOCCOCCOCCCNC(=O)CCCC[C@@H]1SC[C@@H]2NC(=O)N[C@@H]21. The highest BCUT2D eigenvalue weighted by Gasteiger charge is 2.42. The van der Waals surface area contributed by atoms with E-state index in [1.165, 1.54) is 0 Å². The van der Waals surface area contributed by atoms with Crippen LogP contribution in [0.2, 0.25) is 0 Å². The summed E-state index contributed by atoms with van der Waals surface area (Å²) in [6.45, 7) is 3.94. The first-order chi connectivity index (χ1) is 18.0. The molecule has 2 aliphatic rings. The van der Waals surface area contributed by atoms with Gasteiger partial charge in [-0.3, -0.25) is 14.4 Å². The zero-order valence-electron chi connectivity index (χ0n) is 21.5. The molecule has 0 saturated carbocycles. The number of hydrogen-bond acceptors (Lipinski definition) is 8. The maximum absolute atomic E-state index is 12.0. The molecule has 0 aliphatic carbocycles. The highest BCUT2D eigenvalue weighted by Crippen LogP contribution is 2.33. The third-order valence-electron chi connectivity index (χ3n) is 5.97. The molecule has 0 spiro atoms. The van der Waals surface area contributed by atoms with Gasteiger partial charge in [-0.1, -0.05) is 6.42 Å². The summed E-state index contributed by atoms with van der Waals surface area (Å²) < 4.78 is 16.3. The van der Waals surface area contributed by atoms with Gasteiger partial charge in [0.1, 0.15) is 0 Å². The number of carbonyl (C=O) groups is 4. The van der Waals surface area contributed by atoms with Crippen molar-refractivity contribution in [1.29, 1.82) is 0 Å². The molecule has 2 saturated heterocycles. The predicted molar refractivity (Wildman–Crippen MR) is 139 cm³/mol. The van der Waals surface area contributed by atoms with Gasteiger partial charge in [-0.05, 0) is 25.7 Å². The standard InChI is InChI=1S/C24H42N4O8S/c29-20(6-2-1-5-19-23-18(17-37-19)27-24(33)28-23)25-9-3-11-34-13-15-36-16-14-35-12-4-10-26-21(30)7-8-22(31)32/h18-19,23H,1-17H2,(H,25,29)(H,26,30)(H,31,32)(H2,27,28,33)/t18-,19-,23-/m0/s1.